The molecule has 1 saturated heterocycles. The molecule has 1 aliphatic heterocycles. The molecule has 3 unspecified atom stereocenters. The summed E-state index contributed by atoms with van der Waals surface area (Å²) in [5, 5.41) is 0.392. The summed E-state index contributed by atoms with van der Waals surface area (Å²) in [5.41, 5.74) is -0.191. The molecule has 0 spiro atoms. The van der Waals surface area contributed by atoms with Crippen molar-refractivity contribution in [1.82, 2.24) is 14.8 Å². The Labute approximate surface area is 337 Å². The monoisotopic (exact) mass is 841 g/mol. The predicted octanol–water partition coefficient (Wildman–Crippen LogP) is 6.49. The summed E-state index contributed by atoms with van der Waals surface area (Å²) in [6.07, 6.45) is 3.47. The molecule has 56 heavy (non-hydrogen) atoms. The number of esters is 2. The Morgan fingerprint density at radius 2 is 1.68 bits per heavy atom. The summed E-state index contributed by atoms with van der Waals surface area (Å²) in [7, 11) is 3.30. The minimum Gasteiger partial charge on any atom is -0.755 e. The van der Waals surface area contributed by atoms with Gasteiger partial charge in [0.1, 0.15) is 23.5 Å². The largest absolute Gasteiger partial charge is 0.755 e. The predicted molar refractivity (Wildman–Crippen MR) is 205 cm³/mol. The molecular formula is C38H45Cl2F2N4O9S-. The van der Waals surface area contributed by atoms with Crippen LogP contribution in [0.3, 0.4) is 0 Å². The molecule has 3 atom stereocenters. The average Bonchev–Trinajstić information content (AvgIpc) is 3.96. The van der Waals surface area contributed by atoms with Crippen molar-refractivity contribution in [2.24, 2.45) is 5.92 Å². The molecule has 3 aromatic rings. The van der Waals surface area contributed by atoms with Gasteiger partial charge in [-0.05, 0) is 88.0 Å². The third kappa shape index (κ3) is 11.9. The van der Waals surface area contributed by atoms with Gasteiger partial charge in [0, 0.05) is 56.3 Å². The molecule has 0 bridgehead atoms. The van der Waals surface area contributed by atoms with Gasteiger partial charge in [0.15, 0.2) is 11.5 Å². The van der Waals surface area contributed by atoms with Crippen LogP contribution in [0.25, 0.3) is 0 Å². The number of ether oxygens (including phenoxy) is 5. The lowest BCUT2D eigenvalue weighted by molar-refractivity contribution is -0.161. The molecule has 2 fully saturated rings. The number of carbonyl (C=O) groups is 2. The number of alkyl halides is 2. The number of halogens is 4. The van der Waals surface area contributed by atoms with Gasteiger partial charge in [0.2, 0.25) is 0 Å². The van der Waals surface area contributed by atoms with Gasteiger partial charge in [-0.25, -0.2) is 4.79 Å². The van der Waals surface area contributed by atoms with E-state index in [0.717, 1.165) is 17.1 Å². The van der Waals surface area contributed by atoms with Crippen LogP contribution in [-0.2, 0) is 32.0 Å². The van der Waals surface area contributed by atoms with Crippen LogP contribution in [0, 0.1) is 5.92 Å². The van der Waals surface area contributed by atoms with Crippen molar-refractivity contribution in [3.05, 3.63) is 75.5 Å². The van der Waals surface area contributed by atoms with Crippen molar-refractivity contribution in [2.45, 2.75) is 64.4 Å². The molecule has 0 amide bonds. The van der Waals surface area contributed by atoms with Gasteiger partial charge in [-0.15, -0.1) is 0 Å². The number of benzene rings is 2. The van der Waals surface area contributed by atoms with E-state index in [2.05, 4.69) is 9.88 Å². The molecule has 306 valence electrons. The number of hydrogen-bond acceptors (Lipinski definition) is 12. The molecule has 13 nitrogen and oxygen atoms in total. The Morgan fingerprint density at radius 3 is 2.27 bits per heavy atom. The Morgan fingerprint density at radius 1 is 1.02 bits per heavy atom. The zero-order valence-corrected chi connectivity index (χ0v) is 34.0. The Bertz CT molecular complexity index is 1860. The summed E-state index contributed by atoms with van der Waals surface area (Å²) in [4.78, 5) is 35.6. The van der Waals surface area contributed by atoms with E-state index in [1.54, 1.807) is 20.8 Å². The number of aromatic nitrogens is 1. The van der Waals surface area contributed by atoms with Gasteiger partial charge in [0.25, 0.3) is 0 Å². The lowest BCUT2D eigenvalue weighted by Gasteiger charge is -2.40. The smallest absolute Gasteiger partial charge is 0.387 e. The summed E-state index contributed by atoms with van der Waals surface area (Å²) < 4.78 is 81.4. The summed E-state index contributed by atoms with van der Waals surface area (Å²) in [6.45, 7) is 4.28. The summed E-state index contributed by atoms with van der Waals surface area (Å²) in [5.74, 6) is -1.26. The maximum Gasteiger partial charge on any atom is 0.387 e. The van der Waals surface area contributed by atoms with Gasteiger partial charge in [-0.3, -0.25) is 23.2 Å². The number of hydrogen-bond donors (Lipinski definition) is 0. The fraction of sp³-hybridized carbons (Fsp3) is 0.500. The number of piperazine rings is 1. The molecule has 5 rings (SSSR count). The molecule has 18 heteroatoms. The van der Waals surface area contributed by atoms with E-state index < -0.39 is 47.6 Å². The first-order valence-electron chi connectivity index (χ1n) is 17.9. The SMILES string of the molecule is COc1ccc(C(=O)OC(Cc2c(Cl)cncc2Cl)c2ccc(OC(F)F)c(OCC3CC3)c2)cc1N(CC(C(=O)OC(C)(C)C)N1CCN(C)CC1)S(=O)[O-]. The summed E-state index contributed by atoms with van der Waals surface area (Å²) >= 11 is 9.99. The lowest BCUT2D eigenvalue weighted by Crippen LogP contribution is -2.56. The second kappa shape index (κ2) is 19.1. The molecule has 1 aliphatic carbocycles. The first kappa shape index (κ1) is 43.3. The van der Waals surface area contributed by atoms with Gasteiger partial charge in [-0.2, -0.15) is 8.78 Å². The normalized spacial score (nSPS) is 16.8. The van der Waals surface area contributed by atoms with Crippen LogP contribution in [0.2, 0.25) is 10.0 Å². The molecule has 2 aromatic carbocycles. The van der Waals surface area contributed by atoms with Crippen LogP contribution in [0.15, 0.2) is 48.8 Å². The van der Waals surface area contributed by atoms with Crippen molar-refractivity contribution in [1.29, 1.82) is 0 Å². The van der Waals surface area contributed by atoms with Crippen molar-refractivity contribution in [2.75, 3.05) is 57.8 Å². The third-order valence-electron chi connectivity index (χ3n) is 9.18. The second-order valence-electron chi connectivity index (χ2n) is 14.6. The highest BCUT2D eigenvalue weighted by molar-refractivity contribution is 7.80. The maximum absolute atomic E-state index is 14.1. The van der Waals surface area contributed by atoms with Crippen molar-refractivity contribution >= 4 is 52.1 Å². The molecular weight excluding hydrogens is 797 g/mol. The highest BCUT2D eigenvalue weighted by Crippen LogP contribution is 2.39. The molecule has 1 saturated carbocycles. The van der Waals surface area contributed by atoms with Crippen molar-refractivity contribution < 1.29 is 50.8 Å². The van der Waals surface area contributed by atoms with E-state index in [0.29, 0.717) is 37.3 Å². The van der Waals surface area contributed by atoms with Gasteiger partial charge < -0.3 is 33.1 Å². The van der Waals surface area contributed by atoms with Crippen LogP contribution in [0.5, 0.6) is 17.2 Å². The Hall–Kier alpha value is -3.80. The quantitative estimate of drug-likeness (QED) is 0.108. The van der Waals surface area contributed by atoms with E-state index in [9.17, 15) is 27.1 Å². The number of nitrogens with zero attached hydrogens (tertiary/aromatic N) is 4. The third-order valence-corrected chi connectivity index (χ3v) is 10.5. The fourth-order valence-corrected chi connectivity index (χ4v) is 7.10. The fourth-order valence-electron chi connectivity index (χ4n) is 6.02. The van der Waals surface area contributed by atoms with Crippen LogP contribution in [0.1, 0.15) is 61.2 Å². The molecule has 0 radical (unpaired) electrons. The van der Waals surface area contributed by atoms with Crippen molar-refractivity contribution in [3.63, 3.8) is 0 Å². The van der Waals surface area contributed by atoms with E-state index in [-0.39, 0.29) is 64.0 Å². The van der Waals surface area contributed by atoms with E-state index in [1.165, 1.54) is 55.9 Å². The topological polar surface area (TPSA) is 143 Å². The standard InChI is InChI=1S/C38H46Cl2F2N4O9S/c1-38(2,3)55-36(48)30(45-14-12-44(4)13-15-45)21-46(56(49)50)29-16-25(9-10-31(29)51-5)35(47)53-33(18-26-27(39)19-43-20-28(26)40)24-8-11-32(54-37(41)42)34(17-24)52-22-23-6-7-23/h8-11,16-17,19-20,23,30,33,37H,6-7,12-15,18,21-22H2,1-5H3,(H,49,50)/p-1. The lowest BCUT2D eigenvalue weighted by atomic mass is 10.0. The van der Waals surface area contributed by atoms with E-state index in [1.807, 2.05) is 11.9 Å². The Kier molecular flexibility index (Phi) is 14.8. The number of methoxy groups -OCH3 is 1. The van der Waals surface area contributed by atoms with Crippen LogP contribution >= 0.6 is 23.2 Å². The maximum atomic E-state index is 14.1. The minimum absolute atomic E-state index is 0.0287. The first-order valence-corrected chi connectivity index (χ1v) is 19.7. The zero-order chi connectivity index (χ0) is 40.7. The van der Waals surface area contributed by atoms with Gasteiger partial charge >= 0.3 is 18.6 Å². The van der Waals surface area contributed by atoms with Crippen LogP contribution in [0.4, 0.5) is 14.5 Å². The number of rotatable bonds is 17. The van der Waals surface area contributed by atoms with Crippen LogP contribution in [-0.4, -0.2) is 107 Å². The second-order valence-corrected chi connectivity index (χ2v) is 16.3. The highest BCUT2D eigenvalue weighted by atomic mass is 35.5. The number of anilines is 1. The first-order chi connectivity index (χ1) is 26.5. The number of carbonyl (C=O) groups excluding carboxylic acids is 2. The summed E-state index contributed by atoms with van der Waals surface area (Å²) in [6, 6.07) is 7.33. The van der Waals surface area contributed by atoms with Gasteiger partial charge in [0.05, 0.1) is 41.6 Å². The Balaban J connectivity index is 1.49. The molecule has 2 aliphatic rings. The van der Waals surface area contributed by atoms with E-state index in [4.69, 9.17) is 46.9 Å². The zero-order valence-electron chi connectivity index (χ0n) is 31.7. The number of likely N-dealkylation sites (N-methyl/N-ethyl adjacent to an activating group) is 1. The molecule has 2 heterocycles. The molecule has 0 N–H and O–H groups in total. The van der Waals surface area contributed by atoms with Crippen LogP contribution < -0.4 is 18.5 Å². The molecule has 1 aromatic heterocycles. The average molecular weight is 843 g/mol. The number of pyridine rings is 1. The minimum atomic E-state index is -3.11. The highest BCUT2D eigenvalue weighted by Gasteiger charge is 2.35. The van der Waals surface area contributed by atoms with Gasteiger partial charge in [-0.1, -0.05) is 29.3 Å². The van der Waals surface area contributed by atoms with Crippen molar-refractivity contribution in [3.8, 4) is 17.2 Å². The van der Waals surface area contributed by atoms with E-state index >= 15 is 0 Å².